The number of nitrogens with one attached hydrogen (secondary N) is 1. The first-order valence-electron chi connectivity index (χ1n) is 7.00. The van der Waals surface area contributed by atoms with Gasteiger partial charge < -0.3 is 15.2 Å². The summed E-state index contributed by atoms with van der Waals surface area (Å²) in [7, 11) is 0. The smallest absolute Gasteiger partial charge is 0.220 e. The average molecular weight is 340 g/mol. The topological polar surface area (TPSA) is 58.6 Å². The number of carbonyl (C=O) groups excluding carboxylic acids is 1. The standard InChI is InChI=1S/C16H18ClNO3S/c17-13-3-5-14(6-4-13)21-8-1-2-16(20)18-10-15(19)12-7-9-22-11-12/h3-7,9,11,15,19H,1-2,8,10H2,(H,18,20). The van der Waals surface area contributed by atoms with Gasteiger partial charge in [0.25, 0.3) is 0 Å². The van der Waals surface area contributed by atoms with Crippen LogP contribution in [0.25, 0.3) is 0 Å². The maximum absolute atomic E-state index is 11.7. The lowest BCUT2D eigenvalue weighted by Gasteiger charge is -2.11. The second-order valence-corrected chi connectivity index (χ2v) is 6.00. The van der Waals surface area contributed by atoms with Gasteiger partial charge in [-0.1, -0.05) is 11.6 Å². The van der Waals surface area contributed by atoms with Gasteiger partial charge in [0.05, 0.1) is 12.7 Å². The zero-order valence-electron chi connectivity index (χ0n) is 12.0. The quantitative estimate of drug-likeness (QED) is 0.725. The summed E-state index contributed by atoms with van der Waals surface area (Å²) in [4.78, 5) is 11.7. The van der Waals surface area contributed by atoms with E-state index in [2.05, 4.69) is 5.32 Å². The molecule has 0 radical (unpaired) electrons. The molecule has 0 spiro atoms. The number of ether oxygens (including phenoxy) is 1. The first-order valence-corrected chi connectivity index (χ1v) is 8.32. The van der Waals surface area contributed by atoms with E-state index in [-0.39, 0.29) is 12.5 Å². The fourth-order valence-corrected chi connectivity index (χ4v) is 2.67. The van der Waals surface area contributed by atoms with Crippen molar-refractivity contribution in [1.82, 2.24) is 5.32 Å². The minimum absolute atomic E-state index is 0.0889. The van der Waals surface area contributed by atoms with Crippen molar-refractivity contribution in [1.29, 1.82) is 0 Å². The Kier molecular flexibility index (Phi) is 6.71. The normalized spacial score (nSPS) is 11.9. The van der Waals surface area contributed by atoms with Crippen molar-refractivity contribution in [3.8, 4) is 5.75 Å². The third-order valence-electron chi connectivity index (χ3n) is 3.05. The van der Waals surface area contributed by atoms with E-state index in [1.54, 1.807) is 24.3 Å². The molecule has 0 saturated carbocycles. The number of aliphatic hydroxyl groups excluding tert-OH is 1. The highest BCUT2D eigenvalue weighted by molar-refractivity contribution is 7.07. The number of amides is 1. The Balaban J connectivity index is 1.58. The highest BCUT2D eigenvalue weighted by atomic mass is 35.5. The number of hydrogen-bond donors (Lipinski definition) is 2. The van der Waals surface area contributed by atoms with Crippen molar-refractivity contribution in [3.63, 3.8) is 0 Å². The minimum atomic E-state index is -0.652. The van der Waals surface area contributed by atoms with Gasteiger partial charge in [-0.15, -0.1) is 0 Å². The second kappa shape index (κ2) is 8.78. The van der Waals surface area contributed by atoms with Crippen LogP contribution in [0.1, 0.15) is 24.5 Å². The molecule has 1 amide bonds. The predicted molar refractivity (Wildman–Crippen MR) is 88.5 cm³/mol. The molecule has 0 fully saturated rings. The van der Waals surface area contributed by atoms with Gasteiger partial charge in [0.15, 0.2) is 0 Å². The van der Waals surface area contributed by atoms with Crippen molar-refractivity contribution < 1.29 is 14.6 Å². The summed E-state index contributed by atoms with van der Waals surface area (Å²) in [5, 5.41) is 17.0. The third-order valence-corrected chi connectivity index (χ3v) is 4.00. The summed E-state index contributed by atoms with van der Waals surface area (Å²) in [6, 6.07) is 8.95. The molecule has 2 N–H and O–H groups in total. The van der Waals surface area contributed by atoms with Crippen LogP contribution in [0, 0.1) is 0 Å². The minimum Gasteiger partial charge on any atom is -0.494 e. The zero-order valence-corrected chi connectivity index (χ0v) is 13.6. The monoisotopic (exact) mass is 339 g/mol. The van der Waals surface area contributed by atoms with Crippen molar-refractivity contribution >= 4 is 28.8 Å². The van der Waals surface area contributed by atoms with Gasteiger partial charge in [0, 0.05) is 18.0 Å². The van der Waals surface area contributed by atoms with Gasteiger partial charge in [-0.3, -0.25) is 4.79 Å². The predicted octanol–water partition coefficient (Wildman–Crippen LogP) is 3.41. The van der Waals surface area contributed by atoms with Crippen LogP contribution >= 0.6 is 22.9 Å². The Hall–Kier alpha value is -1.56. The van der Waals surface area contributed by atoms with E-state index < -0.39 is 6.10 Å². The number of carbonyl (C=O) groups is 1. The van der Waals surface area contributed by atoms with Crippen LogP contribution in [0.5, 0.6) is 5.75 Å². The summed E-state index contributed by atoms with van der Waals surface area (Å²) < 4.78 is 5.51. The molecule has 1 aromatic heterocycles. The fourth-order valence-electron chi connectivity index (χ4n) is 1.83. The van der Waals surface area contributed by atoms with E-state index in [1.165, 1.54) is 11.3 Å². The fraction of sp³-hybridized carbons (Fsp3) is 0.312. The summed E-state index contributed by atoms with van der Waals surface area (Å²) in [5.41, 5.74) is 0.830. The van der Waals surface area contributed by atoms with Gasteiger partial charge in [-0.05, 0) is 53.1 Å². The van der Waals surface area contributed by atoms with Crippen LogP contribution < -0.4 is 10.1 Å². The molecular formula is C16H18ClNO3S. The third kappa shape index (κ3) is 5.67. The molecule has 1 unspecified atom stereocenters. The summed E-state index contributed by atoms with van der Waals surface area (Å²) in [6.45, 7) is 0.690. The van der Waals surface area contributed by atoms with E-state index in [1.807, 2.05) is 16.8 Å². The maximum Gasteiger partial charge on any atom is 0.220 e. The van der Waals surface area contributed by atoms with Crippen molar-refractivity contribution in [2.45, 2.75) is 18.9 Å². The SMILES string of the molecule is O=C(CCCOc1ccc(Cl)cc1)NCC(O)c1ccsc1. The summed E-state index contributed by atoms with van der Waals surface area (Å²) in [5.74, 6) is 0.645. The number of benzene rings is 1. The van der Waals surface area contributed by atoms with Gasteiger partial charge in [-0.2, -0.15) is 11.3 Å². The lowest BCUT2D eigenvalue weighted by atomic mass is 10.2. The van der Waals surface area contributed by atoms with E-state index in [0.29, 0.717) is 24.5 Å². The first kappa shape index (κ1) is 16.8. The molecule has 2 rings (SSSR count). The van der Waals surface area contributed by atoms with Crippen LogP contribution in [0.3, 0.4) is 0 Å². The zero-order chi connectivity index (χ0) is 15.8. The molecule has 0 bridgehead atoms. The number of aliphatic hydroxyl groups is 1. The lowest BCUT2D eigenvalue weighted by molar-refractivity contribution is -0.121. The van der Waals surface area contributed by atoms with Gasteiger partial charge in [0.1, 0.15) is 5.75 Å². The number of halogens is 1. The lowest BCUT2D eigenvalue weighted by Crippen LogP contribution is -2.28. The number of thiophene rings is 1. The Labute approximate surface area is 138 Å². The molecule has 1 heterocycles. The molecule has 1 atom stereocenters. The molecule has 118 valence electrons. The summed E-state index contributed by atoms with van der Waals surface area (Å²) >= 11 is 7.30. The molecular weight excluding hydrogens is 322 g/mol. The highest BCUT2D eigenvalue weighted by Crippen LogP contribution is 2.16. The van der Waals surface area contributed by atoms with Gasteiger partial charge in [-0.25, -0.2) is 0 Å². The maximum atomic E-state index is 11.7. The molecule has 0 aliphatic carbocycles. The highest BCUT2D eigenvalue weighted by Gasteiger charge is 2.09. The Morgan fingerprint density at radius 2 is 2.09 bits per heavy atom. The number of hydrogen-bond acceptors (Lipinski definition) is 4. The molecule has 1 aromatic carbocycles. The molecule has 2 aromatic rings. The largest absolute Gasteiger partial charge is 0.494 e. The van der Waals surface area contributed by atoms with Crippen LogP contribution in [-0.4, -0.2) is 24.2 Å². The Morgan fingerprint density at radius 1 is 1.32 bits per heavy atom. The molecule has 4 nitrogen and oxygen atoms in total. The van der Waals surface area contributed by atoms with Crippen LogP contribution in [0.4, 0.5) is 0 Å². The van der Waals surface area contributed by atoms with E-state index in [9.17, 15) is 9.90 Å². The van der Waals surface area contributed by atoms with Crippen molar-refractivity contribution in [2.24, 2.45) is 0 Å². The molecule has 0 aliphatic heterocycles. The van der Waals surface area contributed by atoms with Crippen LogP contribution in [-0.2, 0) is 4.79 Å². The Bertz CT molecular complexity index is 572. The molecule has 0 saturated heterocycles. The van der Waals surface area contributed by atoms with Crippen LogP contribution in [0.15, 0.2) is 41.1 Å². The molecule has 0 aliphatic rings. The van der Waals surface area contributed by atoms with Crippen molar-refractivity contribution in [2.75, 3.05) is 13.2 Å². The second-order valence-electron chi connectivity index (χ2n) is 4.78. The number of rotatable bonds is 8. The van der Waals surface area contributed by atoms with E-state index in [0.717, 1.165) is 11.3 Å². The summed E-state index contributed by atoms with van der Waals surface area (Å²) in [6.07, 6.45) is 0.327. The van der Waals surface area contributed by atoms with Gasteiger partial charge in [0.2, 0.25) is 5.91 Å². The first-order chi connectivity index (χ1) is 10.6. The van der Waals surface area contributed by atoms with Crippen molar-refractivity contribution in [3.05, 3.63) is 51.7 Å². The average Bonchev–Trinajstić information content (AvgIpc) is 3.05. The van der Waals surface area contributed by atoms with E-state index >= 15 is 0 Å². The Morgan fingerprint density at radius 3 is 2.77 bits per heavy atom. The van der Waals surface area contributed by atoms with Crippen LogP contribution in [0.2, 0.25) is 5.02 Å². The van der Waals surface area contributed by atoms with Gasteiger partial charge >= 0.3 is 0 Å². The molecule has 22 heavy (non-hydrogen) atoms. The van der Waals surface area contributed by atoms with E-state index in [4.69, 9.17) is 16.3 Å². The molecule has 6 heteroatoms.